The molecule has 1 aromatic carbocycles. The van der Waals surface area contributed by atoms with E-state index >= 15 is 0 Å². The Hall–Kier alpha value is -1.24. The average molecular weight is 311 g/mol. The Bertz CT molecular complexity index is 421. The number of nitrogens with one attached hydrogen (secondary N) is 2. The maximum Gasteiger partial charge on any atom is 0.405 e. The number of halogens is 4. The minimum Gasteiger partial charge on any atom is -0.329 e. The number of amides is 2. The molecule has 0 unspecified atom stereocenters. The summed E-state index contributed by atoms with van der Waals surface area (Å²) in [5, 5.41) is 4.07. The third kappa shape index (κ3) is 5.08. The number of aryl methyl sites for hydroxylation is 1. The highest BCUT2D eigenvalue weighted by Crippen LogP contribution is 2.20. The lowest BCUT2D eigenvalue weighted by Gasteiger charge is -2.11. The first-order chi connectivity index (χ1) is 7.78. The van der Waals surface area contributed by atoms with E-state index in [-0.39, 0.29) is 0 Å². The highest BCUT2D eigenvalue weighted by Gasteiger charge is 2.27. The molecule has 0 spiro atoms. The van der Waals surface area contributed by atoms with E-state index in [9.17, 15) is 18.0 Å². The summed E-state index contributed by atoms with van der Waals surface area (Å²) in [5.41, 5.74) is 1.22. The largest absolute Gasteiger partial charge is 0.405 e. The maximum absolute atomic E-state index is 11.8. The van der Waals surface area contributed by atoms with E-state index in [1.54, 1.807) is 30.4 Å². The topological polar surface area (TPSA) is 41.1 Å². The van der Waals surface area contributed by atoms with E-state index < -0.39 is 18.8 Å². The van der Waals surface area contributed by atoms with Gasteiger partial charge in [0.25, 0.3) is 0 Å². The summed E-state index contributed by atoms with van der Waals surface area (Å²) in [6, 6.07) is 4.16. The van der Waals surface area contributed by atoms with Gasteiger partial charge >= 0.3 is 12.2 Å². The minimum absolute atomic E-state index is 0.466. The van der Waals surface area contributed by atoms with Crippen LogP contribution in [0.2, 0.25) is 0 Å². The number of anilines is 1. The molecule has 0 fully saturated rings. The minimum atomic E-state index is -4.41. The van der Waals surface area contributed by atoms with Crippen LogP contribution in [0.15, 0.2) is 22.7 Å². The molecule has 0 atom stereocenters. The van der Waals surface area contributed by atoms with Gasteiger partial charge in [0, 0.05) is 10.2 Å². The van der Waals surface area contributed by atoms with Crippen molar-refractivity contribution in [2.24, 2.45) is 0 Å². The summed E-state index contributed by atoms with van der Waals surface area (Å²) in [7, 11) is 0. The zero-order valence-electron chi connectivity index (χ0n) is 8.86. The van der Waals surface area contributed by atoms with E-state index in [4.69, 9.17) is 0 Å². The summed E-state index contributed by atoms with van der Waals surface area (Å²) in [4.78, 5) is 11.2. The third-order valence-corrected chi connectivity index (χ3v) is 2.38. The average Bonchev–Trinajstić information content (AvgIpc) is 2.18. The normalized spacial score (nSPS) is 11.1. The van der Waals surface area contributed by atoms with Gasteiger partial charge < -0.3 is 10.6 Å². The van der Waals surface area contributed by atoms with Crippen LogP contribution in [0.5, 0.6) is 0 Å². The predicted octanol–water partition coefficient (Wildman–Crippen LogP) is 3.44. The van der Waals surface area contributed by atoms with Gasteiger partial charge in [-0.15, -0.1) is 0 Å². The molecule has 17 heavy (non-hydrogen) atoms. The van der Waals surface area contributed by atoms with Gasteiger partial charge in [-0.1, -0.05) is 15.9 Å². The Morgan fingerprint density at radius 2 is 2.06 bits per heavy atom. The molecule has 0 saturated heterocycles. The van der Waals surface area contributed by atoms with Crippen molar-refractivity contribution in [3.63, 3.8) is 0 Å². The van der Waals surface area contributed by atoms with Crippen molar-refractivity contribution < 1.29 is 18.0 Å². The van der Waals surface area contributed by atoms with Crippen LogP contribution in [0, 0.1) is 6.92 Å². The Morgan fingerprint density at radius 1 is 1.41 bits per heavy atom. The van der Waals surface area contributed by atoms with Gasteiger partial charge in [-0.2, -0.15) is 13.2 Å². The molecule has 1 aromatic rings. The van der Waals surface area contributed by atoms with Crippen molar-refractivity contribution in [1.82, 2.24) is 5.32 Å². The highest BCUT2D eigenvalue weighted by molar-refractivity contribution is 9.10. The predicted molar refractivity (Wildman–Crippen MR) is 62.0 cm³/mol. The van der Waals surface area contributed by atoms with Crippen LogP contribution in [0.4, 0.5) is 23.7 Å². The number of carbonyl (C=O) groups is 1. The van der Waals surface area contributed by atoms with Gasteiger partial charge in [-0.05, 0) is 30.7 Å². The molecule has 1 rings (SSSR count). The fraction of sp³-hybridized carbons (Fsp3) is 0.300. The summed E-state index contributed by atoms with van der Waals surface area (Å²) in [6.07, 6.45) is -4.41. The lowest BCUT2D eigenvalue weighted by atomic mass is 10.2. The molecule has 0 aromatic heterocycles. The molecule has 0 saturated carbocycles. The Balaban J connectivity index is 2.57. The van der Waals surface area contributed by atoms with Crippen molar-refractivity contribution in [3.05, 3.63) is 28.2 Å². The number of urea groups is 1. The van der Waals surface area contributed by atoms with Gasteiger partial charge in [0.05, 0.1) is 0 Å². The van der Waals surface area contributed by atoms with Crippen LogP contribution in [-0.2, 0) is 0 Å². The SMILES string of the molecule is Cc1cc(Br)ccc1NC(=O)NCC(F)(F)F. The second kappa shape index (κ2) is 5.39. The second-order valence-electron chi connectivity index (χ2n) is 3.38. The molecular weight excluding hydrogens is 301 g/mol. The lowest BCUT2D eigenvalue weighted by molar-refractivity contribution is -0.122. The van der Waals surface area contributed by atoms with E-state index in [1.807, 2.05) is 0 Å². The van der Waals surface area contributed by atoms with Crippen LogP contribution in [0.25, 0.3) is 0 Å². The quantitative estimate of drug-likeness (QED) is 0.863. The fourth-order valence-electron chi connectivity index (χ4n) is 1.11. The van der Waals surface area contributed by atoms with Gasteiger partial charge in [0.15, 0.2) is 0 Å². The van der Waals surface area contributed by atoms with E-state index in [1.165, 1.54) is 0 Å². The van der Waals surface area contributed by atoms with Crippen molar-refractivity contribution >= 4 is 27.6 Å². The van der Waals surface area contributed by atoms with Crippen LogP contribution >= 0.6 is 15.9 Å². The summed E-state index contributed by atoms with van der Waals surface area (Å²) >= 11 is 3.24. The van der Waals surface area contributed by atoms with Crippen molar-refractivity contribution in [2.45, 2.75) is 13.1 Å². The molecule has 0 aliphatic heterocycles. The Labute approximate surface area is 105 Å². The zero-order valence-corrected chi connectivity index (χ0v) is 10.4. The molecule has 0 heterocycles. The van der Waals surface area contributed by atoms with E-state index in [0.29, 0.717) is 5.69 Å². The van der Waals surface area contributed by atoms with E-state index in [0.717, 1.165) is 10.0 Å². The number of alkyl halides is 3. The molecule has 7 heteroatoms. The standard InChI is InChI=1S/C10H10BrF3N2O/c1-6-4-7(11)2-3-8(6)16-9(17)15-5-10(12,13)14/h2-4H,5H2,1H3,(H2,15,16,17). The smallest absolute Gasteiger partial charge is 0.329 e. The molecule has 2 N–H and O–H groups in total. The number of hydrogen-bond acceptors (Lipinski definition) is 1. The molecule has 94 valence electrons. The number of hydrogen-bond donors (Lipinski definition) is 2. The van der Waals surface area contributed by atoms with Crippen LogP contribution in [0.3, 0.4) is 0 Å². The summed E-state index contributed by atoms with van der Waals surface area (Å²) in [6.45, 7) is 0.387. The van der Waals surface area contributed by atoms with Crippen molar-refractivity contribution in [3.8, 4) is 0 Å². The first-order valence-corrected chi connectivity index (χ1v) is 5.45. The maximum atomic E-state index is 11.8. The Morgan fingerprint density at radius 3 is 2.59 bits per heavy atom. The van der Waals surface area contributed by atoms with Gasteiger partial charge in [-0.25, -0.2) is 4.79 Å². The van der Waals surface area contributed by atoms with Gasteiger partial charge in [-0.3, -0.25) is 0 Å². The molecule has 0 aliphatic rings. The van der Waals surface area contributed by atoms with Gasteiger partial charge in [0.2, 0.25) is 0 Å². The zero-order chi connectivity index (χ0) is 13.1. The fourth-order valence-corrected chi connectivity index (χ4v) is 1.59. The van der Waals surface area contributed by atoms with Crippen LogP contribution in [0.1, 0.15) is 5.56 Å². The molecule has 0 aliphatic carbocycles. The van der Waals surface area contributed by atoms with Crippen LogP contribution in [-0.4, -0.2) is 18.8 Å². The van der Waals surface area contributed by atoms with Crippen LogP contribution < -0.4 is 10.6 Å². The molecule has 3 nitrogen and oxygen atoms in total. The third-order valence-electron chi connectivity index (χ3n) is 1.89. The summed E-state index contributed by atoms with van der Waals surface area (Å²) < 4.78 is 36.3. The molecule has 0 bridgehead atoms. The first kappa shape index (κ1) is 13.8. The first-order valence-electron chi connectivity index (χ1n) is 4.66. The van der Waals surface area contributed by atoms with Crippen molar-refractivity contribution in [2.75, 3.05) is 11.9 Å². The second-order valence-corrected chi connectivity index (χ2v) is 4.30. The Kier molecular flexibility index (Phi) is 4.39. The van der Waals surface area contributed by atoms with Crippen molar-refractivity contribution in [1.29, 1.82) is 0 Å². The number of benzene rings is 1. The number of rotatable bonds is 2. The van der Waals surface area contributed by atoms with E-state index in [2.05, 4.69) is 21.2 Å². The molecular formula is C10H10BrF3N2O. The molecule has 0 radical (unpaired) electrons. The monoisotopic (exact) mass is 310 g/mol. The highest BCUT2D eigenvalue weighted by atomic mass is 79.9. The summed E-state index contributed by atoms with van der Waals surface area (Å²) in [5.74, 6) is 0. The molecule has 2 amide bonds. The lowest BCUT2D eigenvalue weighted by Crippen LogP contribution is -2.36. The van der Waals surface area contributed by atoms with Gasteiger partial charge in [0.1, 0.15) is 6.54 Å². The number of carbonyl (C=O) groups excluding carboxylic acids is 1.